The van der Waals surface area contributed by atoms with Crippen molar-refractivity contribution in [1.29, 1.82) is 0 Å². The van der Waals surface area contributed by atoms with Gasteiger partial charge in [0.1, 0.15) is 0 Å². The van der Waals surface area contributed by atoms with E-state index in [0.717, 1.165) is 26.2 Å². The van der Waals surface area contributed by atoms with Crippen molar-refractivity contribution in [2.24, 2.45) is 0 Å². The molecule has 0 radical (unpaired) electrons. The lowest BCUT2D eigenvalue weighted by Gasteiger charge is -2.22. The predicted octanol–water partition coefficient (Wildman–Crippen LogP) is 7.12. The van der Waals surface area contributed by atoms with Crippen molar-refractivity contribution in [3.63, 3.8) is 0 Å². The normalized spacial score (nSPS) is 10.8. The summed E-state index contributed by atoms with van der Waals surface area (Å²) in [4.78, 5) is 0. The van der Waals surface area contributed by atoms with E-state index in [1.807, 2.05) is 121 Å². The Hall–Kier alpha value is -2.89. The lowest BCUT2D eigenvalue weighted by molar-refractivity contribution is 0.593. The fourth-order valence-corrected chi connectivity index (χ4v) is 6.79. The Bertz CT molecular complexity index is 1200. The molecular weight excluding hydrogens is 451 g/mol. The van der Waals surface area contributed by atoms with Crippen molar-refractivity contribution < 1.29 is 4.57 Å². The molecule has 0 fully saturated rings. The molecule has 3 heteroatoms. The van der Waals surface area contributed by atoms with Gasteiger partial charge in [0.15, 0.2) is 7.14 Å². The maximum absolute atomic E-state index is 15.0. The summed E-state index contributed by atoms with van der Waals surface area (Å²) in [5.41, 5.74) is 5.31. The second kappa shape index (κ2) is 9.28. The highest BCUT2D eigenvalue weighted by atomic mass is 79.9. The van der Waals surface area contributed by atoms with Gasteiger partial charge in [-0.05, 0) is 17.7 Å². The van der Waals surface area contributed by atoms with E-state index in [-0.39, 0.29) is 0 Å². The van der Waals surface area contributed by atoms with Crippen molar-refractivity contribution in [3.05, 3.63) is 137 Å². The molecule has 146 valence electrons. The van der Waals surface area contributed by atoms with Gasteiger partial charge in [-0.2, -0.15) is 0 Å². The zero-order chi connectivity index (χ0) is 20.8. The minimum atomic E-state index is -3.18. The van der Waals surface area contributed by atoms with Crippen LogP contribution >= 0.6 is 23.1 Å². The molecule has 4 rings (SSSR count). The average Bonchev–Trinajstić information content (AvgIpc) is 2.82. The first-order valence-electron chi connectivity index (χ1n) is 9.68. The first-order chi connectivity index (χ1) is 14.7. The van der Waals surface area contributed by atoms with Crippen LogP contribution in [-0.4, -0.2) is 0 Å². The van der Waals surface area contributed by atoms with Crippen LogP contribution in [0.2, 0.25) is 0 Å². The second-order valence-electron chi connectivity index (χ2n) is 6.81. The van der Waals surface area contributed by atoms with Crippen molar-refractivity contribution in [1.82, 2.24) is 0 Å². The Morgan fingerprint density at radius 3 is 1.67 bits per heavy atom. The van der Waals surface area contributed by atoms with E-state index in [4.69, 9.17) is 0 Å². The maximum atomic E-state index is 15.0. The molecule has 0 spiro atoms. The molecule has 0 aromatic heterocycles. The fraction of sp³-hybridized carbons (Fsp3) is 0. The third-order valence-corrected chi connectivity index (χ3v) is 8.60. The largest absolute Gasteiger partial charge is 0.308 e. The molecule has 1 nitrogen and oxygen atoms in total. The zero-order valence-electron chi connectivity index (χ0n) is 16.3. The zero-order valence-corrected chi connectivity index (χ0v) is 18.8. The van der Waals surface area contributed by atoms with Crippen molar-refractivity contribution in [2.75, 3.05) is 0 Å². The number of benzene rings is 4. The summed E-state index contributed by atoms with van der Waals surface area (Å²) in [6.45, 7) is 0. The van der Waals surface area contributed by atoms with E-state index in [0.29, 0.717) is 5.31 Å². The Morgan fingerprint density at radius 1 is 0.667 bits per heavy atom. The van der Waals surface area contributed by atoms with E-state index >= 15 is 0 Å². The molecule has 0 atom stereocenters. The van der Waals surface area contributed by atoms with Gasteiger partial charge in [0.05, 0.1) is 5.31 Å². The van der Waals surface area contributed by atoms with Crippen molar-refractivity contribution in [2.45, 2.75) is 0 Å². The average molecular weight is 471 g/mol. The summed E-state index contributed by atoms with van der Waals surface area (Å²) < 4.78 is 15.8. The molecule has 0 bridgehead atoms. The van der Waals surface area contributed by atoms with Gasteiger partial charge in [0.2, 0.25) is 0 Å². The standard InChI is InChI=1S/C27H20BrOP/c28-26-19-11-10-18-25(26)27(21-20-22-12-4-1-5-13-22)30(29,23-14-6-2-7-15-23)24-16-8-3-9-17-24/h1-20H. The Morgan fingerprint density at radius 2 is 1.13 bits per heavy atom. The Labute approximate surface area is 185 Å². The lowest BCUT2D eigenvalue weighted by atomic mass is 10.2. The Kier molecular flexibility index (Phi) is 6.31. The van der Waals surface area contributed by atoms with Crippen LogP contribution in [-0.2, 0) is 4.57 Å². The first kappa shape index (κ1) is 20.4. The van der Waals surface area contributed by atoms with Gasteiger partial charge in [-0.1, -0.05) is 125 Å². The third kappa shape index (κ3) is 4.18. The molecule has 0 aliphatic carbocycles. The minimum Gasteiger partial charge on any atom is -0.308 e. The maximum Gasteiger partial charge on any atom is 0.179 e. The molecule has 30 heavy (non-hydrogen) atoms. The van der Waals surface area contributed by atoms with Gasteiger partial charge >= 0.3 is 0 Å². The number of rotatable bonds is 5. The molecular formula is C27H20BrOP. The van der Waals surface area contributed by atoms with E-state index in [2.05, 4.69) is 21.7 Å². The molecule has 4 aromatic rings. The molecule has 0 N–H and O–H groups in total. The van der Waals surface area contributed by atoms with Crippen LogP contribution in [0.4, 0.5) is 0 Å². The Balaban J connectivity index is 2.06. The van der Waals surface area contributed by atoms with Gasteiger partial charge in [0, 0.05) is 20.6 Å². The molecule has 0 saturated carbocycles. The van der Waals surface area contributed by atoms with Crippen LogP contribution in [0, 0.1) is 0 Å². The van der Waals surface area contributed by atoms with Crippen LogP contribution in [0.15, 0.2) is 125 Å². The second-order valence-corrected chi connectivity index (χ2v) is 10.4. The molecule has 0 amide bonds. The number of halogens is 1. The van der Waals surface area contributed by atoms with E-state index in [1.54, 1.807) is 0 Å². The van der Waals surface area contributed by atoms with Gasteiger partial charge in [-0.25, -0.2) is 0 Å². The van der Waals surface area contributed by atoms with Crippen LogP contribution in [0.1, 0.15) is 11.1 Å². The van der Waals surface area contributed by atoms with Gasteiger partial charge < -0.3 is 4.57 Å². The van der Waals surface area contributed by atoms with Crippen LogP contribution in [0.25, 0.3) is 11.4 Å². The van der Waals surface area contributed by atoms with Gasteiger partial charge in [-0.15, -0.1) is 5.73 Å². The predicted molar refractivity (Wildman–Crippen MR) is 132 cm³/mol. The van der Waals surface area contributed by atoms with E-state index < -0.39 is 7.14 Å². The smallest absolute Gasteiger partial charge is 0.179 e. The summed E-state index contributed by atoms with van der Waals surface area (Å²) in [6, 6.07) is 37.2. The monoisotopic (exact) mass is 470 g/mol. The molecule has 0 saturated heterocycles. The summed E-state index contributed by atoms with van der Waals surface area (Å²) in [5.74, 6) is 0. The van der Waals surface area contributed by atoms with E-state index in [9.17, 15) is 4.57 Å². The highest BCUT2D eigenvalue weighted by molar-refractivity contribution is 9.10. The first-order valence-corrected chi connectivity index (χ1v) is 12.2. The molecule has 0 unspecified atom stereocenters. The molecule has 0 aliphatic heterocycles. The molecule has 4 aromatic carbocycles. The van der Waals surface area contributed by atoms with Gasteiger partial charge in [-0.3, -0.25) is 0 Å². The summed E-state index contributed by atoms with van der Waals surface area (Å²) >= 11 is 3.66. The minimum absolute atomic E-state index is 0.677. The summed E-state index contributed by atoms with van der Waals surface area (Å²) in [6.07, 6.45) is 1.91. The van der Waals surface area contributed by atoms with Crippen molar-refractivity contribution in [3.8, 4) is 0 Å². The fourth-order valence-electron chi connectivity index (χ4n) is 3.38. The highest BCUT2D eigenvalue weighted by Gasteiger charge is 2.33. The van der Waals surface area contributed by atoms with Crippen LogP contribution < -0.4 is 10.6 Å². The summed E-state index contributed by atoms with van der Waals surface area (Å²) in [5, 5.41) is 2.25. The molecule has 0 heterocycles. The van der Waals surface area contributed by atoms with E-state index in [1.165, 1.54) is 0 Å². The quantitative estimate of drug-likeness (QED) is 0.224. The molecule has 0 aliphatic rings. The SMILES string of the molecule is O=P(C(=C=Cc1ccccc1)c1ccccc1Br)(c1ccccc1)c1ccccc1. The number of hydrogen-bond donors (Lipinski definition) is 0. The highest BCUT2D eigenvalue weighted by Crippen LogP contribution is 2.57. The topological polar surface area (TPSA) is 17.1 Å². The van der Waals surface area contributed by atoms with Crippen molar-refractivity contribution >= 4 is 45.1 Å². The lowest BCUT2D eigenvalue weighted by Crippen LogP contribution is -2.17. The number of hydrogen-bond acceptors (Lipinski definition) is 1. The third-order valence-electron chi connectivity index (χ3n) is 4.86. The summed E-state index contributed by atoms with van der Waals surface area (Å²) in [7, 11) is -3.18. The van der Waals surface area contributed by atoms with Crippen LogP contribution in [0.3, 0.4) is 0 Å². The van der Waals surface area contributed by atoms with Gasteiger partial charge in [0.25, 0.3) is 0 Å². The van der Waals surface area contributed by atoms with Crippen LogP contribution in [0.5, 0.6) is 0 Å².